The third kappa shape index (κ3) is 51.4. The summed E-state index contributed by atoms with van der Waals surface area (Å²) < 4.78 is 16.7. The van der Waals surface area contributed by atoms with Gasteiger partial charge in [-0.15, -0.1) is 0 Å². The van der Waals surface area contributed by atoms with Crippen molar-refractivity contribution >= 4 is 17.9 Å². The quantitative estimate of drug-likeness (QED) is 0.0262. The SMILES string of the molecule is CC/C=C\C/C=C\C/C=C\C/C=C\CCC(=O)OCC(COC(=O)CCCCCCCCCCCCCCCCCCCCC)OC(=O)CCCCCCC/C=C\C/C=C\C/C=C\CC. The van der Waals surface area contributed by atoms with Crippen LogP contribution >= 0.6 is 0 Å². The van der Waals surface area contributed by atoms with Gasteiger partial charge in [0.1, 0.15) is 13.2 Å². The molecule has 0 aromatic heterocycles. The van der Waals surface area contributed by atoms with Crippen molar-refractivity contribution in [3.63, 3.8) is 0 Å². The lowest BCUT2D eigenvalue weighted by Crippen LogP contribution is -2.30. The van der Waals surface area contributed by atoms with Gasteiger partial charge in [-0.2, -0.15) is 0 Å². The fourth-order valence-electron chi connectivity index (χ4n) is 7.41. The van der Waals surface area contributed by atoms with Gasteiger partial charge in [-0.25, -0.2) is 0 Å². The Balaban J connectivity index is 4.42. The van der Waals surface area contributed by atoms with Gasteiger partial charge in [-0.05, 0) is 77.0 Å². The Labute approximate surface area is 401 Å². The Morgan fingerprint density at radius 2 is 0.631 bits per heavy atom. The minimum Gasteiger partial charge on any atom is -0.462 e. The molecule has 372 valence electrons. The molecule has 1 unspecified atom stereocenters. The maximum Gasteiger partial charge on any atom is 0.306 e. The first-order valence-electron chi connectivity index (χ1n) is 27.1. The van der Waals surface area contributed by atoms with Crippen LogP contribution in [0, 0.1) is 0 Å². The first kappa shape index (κ1) is 61.6. The first-order valence-corrected chi connectivity index (χ1v) is 27.1. The maximum absolute atomic E-state index is 12.8. The Kier molecular flexibility index (Phi) is 50.4. The molecule has 0 aromatic carbocycles. The molecular formula is C59H100O6. The van der Waals surface area contributed by atoms with Crippen molar-refractivity contribution in [2.24, 2.45) is 0 Å². The monoisotopic (exact) mass is 905 g/mol. The fourth-order valence-corrected chi connectivity index (χ4v) is 7.41. The molecule has 6 nitrogen and oxygen atoms in total. The van der Waals surface area contributed by atoms with Gasteiger partial charge >= 0.3 is 17.9 Å². The van der Waals surface area contributed by atoms with Crippen molar-refractivity contribution in [3.8, 4) is 0 Å². The van der Waals surface area contributed by atoms with Gasteiger partial charge in [0.05, 0.1) is 0 Å². The fraction of sp³-hybridized carbons (Fsp3) is 0.712. The highest BCUT2D eigenvalue weighted by atomic mass is 16.6. The van der Waals surface area contributed by atoms with Crippen LogP contribution in [0.1, 0.15) is 252 Å². The Bertz CT molecular complexity index is 1270. The average molecular weight is 905 g/mol. The van der Waals surface area contributed by atoms with E-state index in [4.69, 9.17) is 14.2 Å². The van der Waals surface area contributed by atoms with Gasteiger partial charge in [-0.3, -0.25) is 14.4 Å². The number of unbranched alkanes of at least 4 members (excludes halogenated alkanes) is 23. The molecule has 0 saturated heterocycles. The van der Waals surface area contributed by atoms with Gasteiger partial charge < -0.3 is 14.2 Å². The molecular weight excluding hydrogens is 805 g/mol. The number of ether oxygens (including phenoxy) is 3. The largest absolute Gasteiger partial charge is 0.462 e. The molecule has 0 aliphatic carbocycles. The lowest BCUT2D eigenvalue weighted by Gasteiger charge is -2.18. The van der Waals surface area contributed by atoms with E-state index in [0.717, 1.165) is 103 Å². The number of hydrogen-bond donors (Lipinski definition) is 0. The molecule has 0 radical (unpaired) electrons. The minimum absolute atomic E-state index is 0.104. The van der Waals surface area contributed by atoms with Crippen LogP contribution in [-0.4, -0.2) is 37.2 Å². The smallest absolute Gasteiger partial charge is 0.306 e. The van der Waals surface area contributed by atoms with Crippen LogP contribution in [0.15, 0.2) is 85.1 Å². The summed E-state index contributed by atoms with van der Waals surface area (Å²) in [6.45, 7) is 6.34. The summed E-state index contributed by atoms with van der Waals surface area (Å²) in [4.78, 5) is 38.0. The molecule has 1 atom stereocenters. The van der Waals surface area contributed by atoms with Crippen LogP contribution in [-0.2, 0) is 28.6 Å². The van der Waals surface area contributed by atoms with Crippen molar-refractivity contribution < 1.29 is 28.6 Å². The number of allylic oxidation sites excluding steroid dienone is 14. The van der Waals surface area contributed by atoms with Crippen LogP contribution in [0.25, 0.3) is 0 Å². The van der Waals surface area contributed by atoms with Crippen LogP contribution < -0.4 is 0 Å². The van der Waals surface area contributed by atoms with Crippen molar-refractivity contribution in [1.29, 1.82) is 0 Å². The maximum atomic E-state index is 12.8. The molecule has 0 spiro atoms. The number of carbonyl (C=O) groups excluding carboxylic acids is 3. The highest BCUT2D eigenvalue weighted by Gasteiger charge is 2.19. The molecule has 0 heterocycles. The molecule has 6 heteroatoms. The molecule has 0 fully saturated rings. The second-order valence-electron chi connectivity index (χ2n) is 17.7. The second kappa shape index (κ2) is 53.2. The van der Waals surface area contributed by atoms with Gasteiger partial charge in [0, 0.05) is 19.3 Å². The number of carbonyl (C=O) groups is 3. The van der Waals surface area contributed by atoms with E-state index in [1.54, 1.807) is 0 Å². The zero-order chi connectivity index (χ0) is 47.2. The summed E-state index contributed by atoms with van der Waals surface area (Å²) in [5.74, 6) is -1.00. The van der Waals surface area contributed by atoms with Crippen LogP contribution in [0.5, 0.6) is 0 Å². The third-order valence-electron chi connectivity index (χ3n) is 11.4. The van der Waals surface area contributed by atoms with Gasteiger partial charge in [0.2, 0.25) is 0 Å². The zero-order valence-corrected chi connectivity index (χ0v) is 42.5. The van der Waals surface area contributed by atoms with E-state index in [-0.39, 0.29) is 37.5 Å². The van der Waals surface area contributed by atoms with E-state index in [1.165, 1.54) is 103 Å². The predicted molar refractivity (Wildman–Crippen MR) is 279 cm³/mol. The Morgan fingerprint density at radius 3 is 1.03 bits per heavy atom. The summed E-state index contributed by atoms with van der Waals surface area (Å²) in [6, 6.07) is 0. The van der Waals surface area contributed by atoms with E-state index in [0.29, 0.717) is 19.3 Å². The molecule has 0 amide bonds. The first-order chi connectivity index (χ1) is 32.0. The van der Waals surface area contributed by atoms with E-state index < -0.39 is 6.10 Å². The summed E-state index contributed by atoms with van der Waals surface area (Å²) in [5.41, 5.74) is 0. The van der Waals surface area contributed by atoms with E-state index >= 15 is 0 Å². The molecule has 0 aromatic rings. The van der Waals surface area contributed by atoms with Gasteiger partial charge in [-0.1, -0.05) is 241 Å². The van der Waals surface area contributed by atoms with Gasteiger partial charge in [0.25, 0.3) is 0 Å². The highest BCUT2D eigenvalue weighted by Crippen LogP contribution is 2.16. The molecule has 0 N–H and O–H groups in total. The lowest BCUT2D eigenvalue weighted by atomic mass is 10.0. The predicted octanol–water partition coefficient (Wildman–Crippen LogP) is 18.0. The summed E-state index contributed by atoms with van der Waals surface area (Å²) in [5, 5.41) is 0. The lowest BCUT2D eigenvalue weighted by molar-refractivity contribution is -0.166. The zero-order valence-electron chi connectivity index (χ0n) is 42.5. The molecule has 0 saturated carbocycles. The van der Waals surface area contributed by atoms with Gasteiger partial charge in [0.15, 0.2) is 6.10 Å². The molecule has 0 rings (SSSR count). The van der Waals surface area contributed by atoms with Crippen LogP contribution in [0.4, 0.5) is 0 Å². The second-order valence-corrected chi connectivity index (χ2v) is 17.7. The van der Waals surface area contributed by atoms with Crippen LogP contribution in [0.2, 0.25) is 0 Å². The van der Waals surface area contributed by atoms with Crippen molar-refractivity contribution in [2.75, 3.05) is 13.2 Å². The molecule has 0 aliphatic heterocycles. The molecule has 0 aliphatic rings. The minimum atomic E-state index is -0.813. The highest BCUT2D eigenvalue weighted by molar-refractivity contribution is 5.71. The van der Waals surface area contributed by atoms with Crippen LogP contribution in [0.3, 0.4) is 0 Å². The van der Waals surface area contributed by atoms with E-state index in [1.807, 2.05) is 12.2 Å². The van der Waals surface area contributed by atoms with Crippen molar-refractivity contribution in [3.05, 3.63) is 85.1 Å². The summed E-state index contributed by atoms with van der Waals surface area (Å²) in [7, 11) is 0. The average Bonchev–Trinajstić information content (AvgIpc) is 3.30. The van der Waals surface area contributed by atoms with Crippen molar-refractivity contribution in [1.82, 2.24) is 0 Å². The molecule has 65 heavy (non-hydrogen) atoms. The molecule has 0 bridgehead atoms. The van der Waals surface area contributed by atoms with E-state index in [2.05, 4.69) is 93.7 Å². The number of rotatable bonds is 48. The summed E-state index contributed by atoms with van der Waals surface area (Å²) >= 11 is 0. The normalized spacial score (nSPS) is 12.7. The number of esters is 3. The third-order valence-corrected chi connectivity index (χ3v) is 11.4. The topological polar surface area (TPSA) is 78.9 Å². The Hall–Kier alpha value is -3.41. The number of hydrogen-bond acceptors (Lipinski definition) is 6. The van der Waals surface area contributed by atoms with Crippen molar-refractivity contribution in [2.45, 2.75) is 258 Å². The van der Waals surface area contributed by atoms with E-state index in [9.17, 15) is 14.4 Å². The Morgan fingerprint density at radius 1 is 0.323 bits per heavy atom. The summed E-state index contributed by atoms with van der Waals surface area (Å²) in [6.07, 6.45) is 68.8. The standard InChI is InChI=1S/C59H100O6/c1-4-7-10-13-16-19-22-25-27-28-29-30-32-34-37-40-43-46-49-52-58(61)64-55-56(54-63-57(60)51-48-45-42-39-36-33-24-21-18-15-12-9-6-3)65-59(62)53-50-47-44-41-38-35-31-26-23-20-17-14-11-8-5-2/h8-9,11-12,17-18,20-21,26,31,33,36,42,45,56H,4-7,10,13-16,19,22-25,27-30,32,34-35,37-41,43-44,46-55H2,1-3H3/b11-8-,12-9-,20-17-,21-18-,31-26-,36-33-,45-42-.